The number of aromatic nitrogens is 3. The molecule has 0 saturated heterocycles. The standard InChI is InChI=1S/C15H14ClN5OS/c1-8-11(13(22)21(2)3)23-15(17-8)20-12-9-6-4-5-7-10(9)18-14(16)19-12/h4-7H,1-3H3,(H,17,18,19,20). The molecule has 118 valence electrons. The largest absolute Gasteiger partial charge is 0.344 e. The zero-order chi connectivity index (χ0) is 16.6. The molecule has 8 heteroatoms. The van der Waals surface area contributed by atoms with Crippen molar-refractivity contribution in [3.63, 3.8) is 0 Å². The summed E-state index contributed by atoms with van der Waals surface area (Å²) in [7, 11) is 3.43. The molecule has 3 rings (SSSR count). The van der Waals surface area contributed by atoms with Crippen molar-refractivity contribution in [1.82, 2.24) is 19.9 Å². The molecule has 3 aromatic rings. The summed E-state index contributed by atoms with van der Waals surface area (Å²) in [6, 6.07) is 7.55. The summed E-state index contributed by atoms with van der Waals surface area (Å²) in [5.41, 5.74) is 1.42. The number of thiazole rings is 1. The van der Waals surface area contributed by atoms with Gasteiger partial charge < -0.3 is 10.2 Å². The lowest BCUT2D eigenvalue weighted by Gasteiger charge is -2.08. The van der Waals surface area contributed by atoms with E-state index in [1.807, 2.05) is 31.2 Å². The van der Waals surface area contributed by atoms with Gasteiger partial charge in [0.25, 0.3) is 5.91 Å². The third-order valence-electron chi connectivity index (χ3n) is 3.20. The van der Waals surface area contributed by atoms with Crippen molar-refractivity contribution >= 4 is 50.7 Å². The Kier molecular flexibility index (Phi) is 4.14. The van der Waals surface area contributed by atoms with E-state index in [1.54, 1.807) is 14.1 Å². The normalized spacial score (nSPS) is 10.8. The van der Waals surface area contributed by atoms with E-state index in [0.29, 0.717) is 21.5 Å². The number of nitrogens with zero attached hydrogens (tertiary/aromatic N) is 4. The number of fused-ring (bicyclic) bond motifs is 1. The molecule has 2 aromatic heterocycles. The van der Waals surface area contributed by atoms with Gasteiger partial charge in [-0.25, -0.2) is 9.97 Å². The van der Waals surface area contributed by atoms with Crippen LogP contribution in [0.25, 0.3) is 10.9 Å². The Morgan fingerprint density at radius 3 is 2.70 bits per heavy atom. The van der Waals surface area contributed by atoms with Gasteiger partial charge in [-0.05, 0) is 30.7 Å². The molecule has 1 N–H and O–H groups in total. The highest BCUT2D eigenvalue weighted by molar-refractivity contribution is 7.17. The first kappa shape index (κ1) is 15.6. The van der Waals surface area contributed by atoms with Crippen molar-refractivity contribution in [1.29, 1.82) is 0 Å². The summed E-state index contributed by atoms with van der Waals surface area (Å²) in [6.45, 7) is 1.81. The zero-order valence-corrected chi connectivity index (χ0v) is 14.4. The molecule has 2 heterocycles. The molecule has 0 radical (unpaired) electrons. The van der Waals surface area contributed by atoms with Crippen LogP contribution in [0, 0.1) is 6.92 Å². The lowest BCUT2D eigenvalue weighted by molar-refractivity contribution is 0.0831. The van der Waals surface area contributed by atoms with E-state index in [1.165, 1.54) is 16.2 Å². The van der Waals surface area contributed by atoms with E-state index in [0.717, 1.165) is 10.9 Å². The molecule has 23 heavy (non-hydrogen) atoms. The average molecular weight is 348 g/mol. The summed E-state index contributed by atoms with van der Waals surface area (Å²) < 4.78 is 0. The fourth-order valence-corrected chi connectivity index (χ4v) is 3.26. The summed E-state index contributed by atoms with van der Waals surface area (Å²) in [5, 5.41) is 4.73. The molecule has 0 unspecified atom stereocenters. The lowest BCUT2D eigenvalue weighted by Crippen LogP contribution is -2.21. The van der Waals surface area contributed by atoms with Crippen LogP contribution in [0.5, 0.6) is 0 Å². The second-order valence-corrected chi connectivity index (χ2v) is 6.45. The van der Waals surface area contributed by atoms with E-state index in [2.05, 4.69) is 20.3 Å². The fraction of sp³-hybridized carbons (Fsp3) is 0.200. The Morgan fingerprint density at radius 1 is 1.22 bits per heavy atom. The number of hydrogen-bond donors (Lipinski definition) is 1. The van der Waals surface area contributed by atoms with Gasteiger partial charge in [-0.15, -0.1) is 0 Å². The van der Waals surface area contributed by atoms with Gasteiger partial charge in [0.05, 0.1) is 11.2 Å². The first-order valence-corrected chi connectivity index (χ1v) is 8.03. The molecule has 1 aromatic carbocycles. The Hall–Kier alpha value is -2.25. The second-order valence-electron chi connectivity index (χ2n) is 5.12. The number of aryl methyl sites for hydroxylation is 1. The summed E-state index contributed by atoms with van der Waals surface area (Å²) in [5.74, 6) is 0.497. The van der Waals surface area contributed by atoms with Crippen LogP contribution in [0.2, 0.25) is 5.28 Å². The maximum absolute atomic E-state index is 12.1. The van der Waals surface area contributed by atoms with Crippen LogP contribution in [-0.2, 0) is 0 Å². The maximum atomic E-state index is 12.1. The monoisotopic (exact) mass is 347 g/mol. The van der Waals surface area contributed by atoms with Crippen molar-refractivity contribution in [2.75, 3.05) is 19.4 Å². The number of amides is 1. The number of halogens is 1. The van der Waals surface area contributed by atoms with Crippen LogP contribution < -0.4 is 5.32 Å². The SMILES string of the molecule is Cc1nc(Nc2nc(Cl)nc3ccccc23)sc1C(=O)N(C)C. The van der Waals surface area contributed by atoms with Gasteiger partial charge in [0.2, 0.25) is 5.28 Å². The number of nitrogens with one attached hydrogen (secondary N) is 1. The van der Waals surface area contributed by atoms with E-state index in [-0.39, 0.29) is 11.2 Å². The van der Waals surface area contributed by atoms with Crippen LogP contribution in [-0.4, -0.2) is 39.9 Å². The fourth-order valence-electron chi connectivity index (χ4n) is 2.10. The van der Waals surface area contributed by atoms with Gasteiger partial charge in [0, 0.05) is 19.5 Å². The Bertz CT molecular complexity index is 893. The van der Waals surface area contributed by atoms with Crippen LogP contribution in [0.3, 0.4) is 0 Å². The summed E-state index contributed by atoms with van der Waals surface area (Å²) in [6.07, 6.45) is 0. The van der Waals surface area contributed by atoms with Crippen LogP contribution in [0.4, 0.5) is 10.9 Å². The molecule has 0 aliphatic rings. The molecule has 1 amide bonds. The second kappa shape index (κ2) is 6.10. The predicted molar refractivity (Wildman–Crippen MR) is 92.7 cm³/mol. The third-order valence-corrected chi connectivity index (χ3v) is 4.43. The highest BCUT2D eigenvalue weighted by Crippen LogP contribution is 2.29. The van der Waals surface area contributed by atoms with E-state index in [4.69, 9.17) is 11.6 Å². The van der Waals surface area contributed by atoms with Crippen molar-refractivity contribution in [3.05, 3.63) is 40.1 Å². The van der Waals surface area contributed by atoms with Crippen LogP contribution in [0.1, 0.15) is 15.4 Å². The predicted octanol–water partition coefficient (Wildman–Crippen LogP) is 3.49. The minimum absolute atomic E-state index is 0.0707. The number of carbonyl (C=O) groups excluding carboxylic acids is 1. The van der Waals surface area contributed by atoms with Crippen molar-refractivity contribution < 1.29 is 4.79 Å². The van der Waals surface area contributed by atoms with Gasteiger partial charge in [-0.3, -0.25) is 4.79 Å². The van der Waals surface area contributed by atoms with Gasteiger partial charge in [-0.1, -0.05) is 23.5 Å². The molecule has 0 fully saturated rings. The minimum atomic E-state index is -0.0707. The molecular formula is C15H14ClN5OS. The molecule has 0 aliphatic carbocycles. The molecule has 0 bridgehead atoms. The smallest absolute Gasteiger partial charge is 0.265 e. The van der Waals surface area contributed by atoms with Crippen molar-refractivity contribution in [2.24, 2.45) is 0 Å². The van der Waals surface area contributed by atoms with Gasteiger partial charge >= 0.3 is 0 Å². The number of para-hydroxylation sites is 1. The third kappa shape index (κ3) is 3.11. The zero-order valence-electron chi connectivity index (χ0n) is 12.8. The van der Waals surface area contributed by atoms with Crippen LogP contribution >= 0.6 is 22.9 Å². The van der Waals surface area contributed by atoms with Crippen molar-refractivity contribution in [2.45, 2.75) is 6.92 Å². The Labute approximate surface area is 142 Å². The molecule has 0 spiro atoms. The maximum Gasteiger partial charge on any atom is 0.265 e. The first-order chi connectivity index (χ1) is 11.0. The number of carbonyl (C=O) groups is 1. The quantitative estimate of drug-likeness (QED) is 0.734. The summed E-state index contributed by atoms with van der Waals surface area (Å²) >= 11 is 7.27. The topological polar surface area (TPSA) is 71.0 Å². The molecule has 0 saturated carbocycles. The number of rotatable bonds is 3. The van der Waals surface area contributed by atoms with E-state index >= 15 is 0 Å². The minimum Gasteiger partial charge on any atom is -0.344 e. The molecule has 0 atom stereocenters. The molecule has 6 nitrogen and oxygen atoms in total. The number of anilines is 2. The van der Waals surface area contributed by atoms with Gasteiger partial charge in [0.15, 0.2) is 5.13 Å². The Balaban J connectivity index is 2.00. The first-order valence-electron chi connectivity index (χ1n) is 6.84. The number of benzene rings is 1. The lowest BCUT2D eigenvalue weighted by atomic mass is 10.2. The van der Waals surface area contributed by atoms with E-state index < -0.39 is 0 Å². The number of hydrogen-bond acceptors (Lipinski definition) is 6. The van der Waals surface area contributed by atoms with Gasteiger partial charge in [0.1, 0.15) is 10.7 Å². The summed E-state index contributed by atoms with van der Waals surface area (Å²) in [4.78, 5) is 27.1. The average Bonchev–Trinajstić information content (AvgIpc) is 2.86. The molecule has 0 aliphatic heterocycles. The molecular weight excluding hydrogens is 334 g/mol. The van der Waals surface area contributed by atoms with E-state index in [9.17, 15) is 4.79 Å². The van der Waals surface area contributed by atoms with Crippen molar-refractivity contribution in [3.8, 4) is 0 Å². The van der Waals surface area contributed by atoms with Crippen LogP contribution in [0.15, 0.2) is 24.3 Å². The van der Waals surface area contributed by atoms with Gasteiger partial charge in [-0.2, -0.15) is 4.98 Å². The highest BCUT2D eigenvalue weighted by atomic mass is 35.5. The Morgan fingerprint density at radius 2 is 1.96 bits per heavy atom. The highest BCUT2D eigenvalue weighted by Gasteiger charge is 2.18.